The third-order valence-corrected chi connectivity index (χ3v) is 6.08. The number of carbonyl (C=O) groups is 3. The van der Waals surface area contributed by atoms with E-state index in [2.05, 4.69) is 27.9 Å². The maximum atomic E-state index is 12.8. The van der Waals surface area contributed by atoms with Crippen LogP contribution in [-0.2, 0) is 4.74 Å². The lowest BCUT2D eigenvalue weighted by Crippen LogP contribution is -2.41. The van der Waals surface area contributed by atoms with Crippen molar-refractivity contribution in [2.75, 3.05) is 26.2 Å². The number of nitrogens with one attached hydrogen (secondary N) is 1. The number of nitrogens with zero attached hydrogens (tertiary/aromatic N) is 1. The van der Waals surface area contributed by atoms with E-state index in [1.807, 2.05) is 29.2 Å². The molecule has 1 fully saturated rings. The Morgan fingerprint density at radius 1 is 1.06 bits per heavy atom. The average Bonchev–Trinajstić information content (AvgIpc) is 2.78. The van der Waals surface area contributed by atoms with Gasteiger partial charge in [0.25, 0.3) is 11.8 Å². The maximum Gasteiger partial charge on any atom is 0.513 e. The molecule has 0 atom stereocenters. The van der Waals surface area contributed by atoms with Crippen molar-refractivity contribution in [2.45, 2.75) is 19.8 Å². The van der Waals surface area contributed by atoms with E-state index in [1.54, 1.807) is 31.2 Å². The number of hydrogen-bond donors (Lipinski definition) is 1. The van der Waals surface area contributed by atoms with Crippen molar-refractivity contribution in [1.29, 1.82) is 0 Å². The van der Waals surface area contributed by atoms with Gasteiger partial charge in [-0.2, -0.15) is 0 Å². The summed E-state index contributed by atoms with van der Waals surface area (Å²) in [6, 6.07) is 13.9. The lowest BCUT2D eigenvalue weighted by atomic mass is 9.96. The summed E-state index contributed by atoms with van der Waals surface area (Å²) in [4.78, 5) is 38.3. The Labute approximate surface area is 195 Å². The molecule has 2 amide bonds. The van der Waals surface area contributed by atoms with Crippen molar-refractivity contribution in [3.63, 3.8) is 0 Å². The molecule has 164 valence electrons. The summed E-state index contributed by atoms with van der Waals surface area (Å²) in [5.74, 6) is 0.560. The van der Waals surface area contributed by atoms with Gasteiger partial charge in [-0.1, -0.05) is 12.1 Å². The summed E-state index contributed by atoms with van der Waals surface area (Å²) >= 11 is 2.16. The van der Waals surface area contributed by atoms with E-state index in [4.69, 9.17) is 9.47 Å². The van der Waals surface area contributed by atoms with Crippen molar-refractivity contribution >= 4 is 40.6 Å². The number of ether oxygens (including phenoxy) is 2. The molecule has 0 saturated carbocycles. The molecule has 1 aliphatic heterocycles. The Morgan fingerprint density at radius 3 is 2.39 bits per heavy atom. The molecular weight excluding hydrogens is 511 g/mol. The molecule has 1 heterocycles. The van der Waals surface area contributed by atoms with Crippen molar-refractivity contribution in [3.05, 3.63) is 63.2 Å². The van der Waals surface area contributed by atoms with Crippen LogP contribution in [0.2, 0.25) is 0 Å². The minimum Gasteiger partial charge on any atom is -0.434 e. The number of amides is 2. The minimum atomic E-state index is -0.766. The molecule has 0 radical (unpaired) electrons. The largest absolute Gasteiger partial charge is 0.513 e. The Morgan fingerprint density at radius 2 is 1.74 bits per heavy atom. The fourth-order valence-corrected chi connectivity index (χ4v) is 4.04. The van der Waals surface area contributed by atoms with Crippen LogP contribution in [0.1, 0.15) is 40.5 Å². The first-order chi connectivity index (χ1) is 15.0. The molecule has 2 aromatic carbocycles. The summed E-state index contributed by atoms with van der Waals surface area (Å²) < 4.78 is 10.7. The minimum absolute atomic E-state index is 0.0518. The molecule has 1 saturated heterocycles. The smallest absolute Gasteiger partial charge is 0.434 e. The van der Waals surface area contributed by atoms with Crippen molar-refractivity contribution < 1.29 is 23.9 Å². The lowest BCUT2D eigenvalue weighted by Gasteiger charge is -2.32. The highest BCUT2D eigenvalue weighted by Crippen LogP contribution is 2.20. The molecule has 0 aromatic heterocycles. The third kappa shape index (κ3) is 6.43. The standard InChI is InChI=1S/C23H25IN2O5/c1-2-30-23(29)31-18-9-7-17(8-10-18)22(28)26-13-11-16(12-14-26)15-25-21(27)19-5-3-4-6-20(19)24/h3-10,16H,2,11-15H2,1H3,(H,25,27). The number of rotatable bonds is 6. The number of benzene rings is 2. The van der Waals surface area contributed by atoms with Gasteiger partial charge in [0, 0.05) is 28.8 Å². The van der Waals surface area contributed by atoms with Crippen LogP contribution in [0.4, 0.5) is 4.79 Å². The predicted molar refractivity (Wildman–Crippen MR) is 124 cm³/mol. The molecule has 0 unspecified atom stereocenters. The molecule has 0 aliphatic carbocycles. The topological polar surface area (TPSA) is 84.9 Å². The Hall–Kier alpha value is -2.62. The molecule has 1 N–H and O–H groups in total. The Kier molecular flexibility index (Phi) is 8.27. The summed E-state index contributed by atoms with van der Waals surface area (Å²) in [7, 11) is 0. The van der Waals surface area contributed by atoms with Crippen LogP contribution in [0.5, 0.6) is 5.75 Å². The zero-order valence-corrected chi connectivity index (χ0v) is 19.5. The number of piperidine rings is 1. The zero-order valence-electron chi connectivity index (χ0n) is 17.3. The van der Waals surface area contributed by atoms with Crippen LogP contribution in [0.3, 0.4) is 0 Å². The van der Waals surface area contributed by atoms with E-state index in [9.17, 15) is 14.4 Å². The number of halogens is 1. The molecule has 2 aromatic rings. The molecule has 8 heteroatoms. The van der Waals surface area contributed by atoms with Gasteiger partial charge in [-0.3, -0.25) is 9.59 Å². The highest BCUT2D eigenvalue weighted by Gasteiger charge is 2.24. The van der Waals surface area contributed by atoms with Gasteiger partial charge in [-0.15, -0.1) is 0 Å². The van der Waals surface area contributed by atoms with Crippen molar-refractivity contribution in [2.24, 2.45) is 5.92 Å². The van der Waals surface area contributed by atoms with Gasteiger partial charge in [0.2, 0.25) is 0 Å². The first-order valence-electron chi connectivity index (χ1n) is 10.2. The van der Waals surface area contributed by atoms with Crippen molar-refractivity contribution in [3.8, 4) is 5.75 Å². The Bertz CT molecular complexity index is 924. The van der Waals surface area contributed by atoms with Gasteiger partial charge in [0.1, 0.15) is 5.75 Å². The van der Waals surface area contributed by atoms with Gasteiger partial charge in [0.05, 0.1) is 12.2 Å². The Balaban J connectivity index is 1.46. The van der Waals surface area contributed by atoms with Crippen LogP contribution in [-0.4, -0.2) is 49.1 Å². The summed E-state index contributed by atoms with van der Waals surface area (Å²) in [5.41, 5.74) is 1.23. The van der Waals surface area contributed by atoms with E-state index in [1.165, 1.54) is 0 Å². The molecule has 0 spiro atoms. The van der Waals surface area contributed by atoms with Crippen LogP contribution < -0.4 is 10.1 Å². The average molecular weight is 536 g/mol. The van der Waals surface area contributed by atoms with Crippen molar-refractivity contribution in [1.82, 2.24) is 10.2 Å². The monoisotopic (exact) mass is 536 g/mol. The van der Waals surface area contributed by atoms with E-state index < -0.39 is 6.16 Å². The molecule has 3 rings (SSSR count). The first kappa shape index (κ1) is 23.1. The SMILES string of the molecule is CCOC(=O)Oc1ccc(C(=O)N2CCC(CNC(=O)c3ccccc3I)CC2)cc1. The van der Waals surface area contributed by atoms with E-state index in [0.717, 1.165) is 16.4 Å². The summed E-state index contributed by atoms with van der Waals surface area (Å²) in [6.07, 6.45) is 0.905. The van der Waals surface area contributed by atoms with Gasteiger partial charge < -0.3 is 19.7 Å². The van der Waals surface area contributed by atoms with Gasteiger partial charge in [0.15, 0.2) is 0 Å². The van der Waals surface area contributed by atoms with Crippen LogP contribution in [0, 0.1) is 9.49 Å². The molecule has 7 nitrogen and oxygen atoms in total. The van der Waals surface area contributed by atoms with Gasteiger partial charge in [-0.25, -0.2) is 4.79 Å². The molecule has 0 bridgehead atoms. The van der Waals surface area contributed by atoms with E-state index in [-0.39, 0.29) is 18.4 Å². The third-order valence-electron chi connectivity index (χ3n) is 5.14. The highest BCUT2D eigenvalue weighted by atomic mass is 127. The zero-order chi connectivity index (χ0) is 22.2. The quantitative estimate of drug-likeness (QED) is 0.342. The number of likely N-dealkylation sites (tertiary alicyclic amines) is 1. The normalized spacial score (nSPS) is 14.1. The highest BCUT2D eigenvalue weighted by molar-refractivity contribution is 14.1. The number of hydrogen-bond acceptors (Lipinski definition) is 5. The van der Waals surface area contributed by atoms with Crippen LogP contribution in [0.25, 0.3) is 0 Å². The first-order valence-corrected chi connectivity index (χ1v) is 11.3. The molecule has 1 aliphatic rings. The maximum absolute atomic E-state index is 12.8. The second kappa shape index (κ2) is 11.1. The number of carbonyl (C=O) groups excluding carboxylic acids is 3. The van der Waals surface area contributed by atoms with Gasteiger partial charge >= 0.3 is 6.16 Å². The van der Waals surface area contributed by atoms with E-state index in [0.29, 0.717) is 42.4 Å². The van der Waals surface area contributed by atoms with Crippen LogP contribution >= 0.6 is 22.6 Å². The van der Waals surface area contributed by atoms with E-state index >= 15 is 0 Å². The fourth-order valence-electron chi connectivity index (χ4n) is 3.41. The van der Waals surface area contributed by atoms with Crippen LogP contribution in [0.15, 0.2) is 48.5 Å². The second-order valence-corrected chi connectivity index (χ2v) is 8.40. The predicted octanol–water partition coefficient (Wildman–Crippen LogP) is 4.11. The summed E-state index contributed by atoms with van der Waals surface area (Å²) in [6.45, 7) is 3.82. The second-order valence-electron chi connectivity index (χ2n) is 7.23. The van der Waals surface area contributed by atoms with Gasteiger partial charge in [-0.05, 0) is 84.7 Å². The molecule has 31 heavy (non-hydrogen) atoms. The lowest BCUT2D eigenvalue weighted by molar-refractivity contribution is 0.0684. The fraction of sp³-hybridized carbons (Fsp3) is 0.348. The molecular formula is C23H25IN2O5. The summed E-state index contributed by atoms with van der Waals surface area (Å²) in [5, 5.41) is 3.02.